The Balaban J connectivity index is 1.97. The monoisotopic (exact) mass is 353 g/mol. The van der Waals surface area contributed by atoms with Gasteiger partial charge >= 0.3 is 0 Å². The first-order chi connectivity index (χ1) is 9.71. The summed E-state index contributed by atoms with van der Waals surface area (Å²) in [6.07, 6.45) is 3.49. The first-order valence-electron chi connectivity index (χ1n) is 7.48. The van der Waals surface area contributed by atoms with Crippen molar-refractivity contribution in [2.75, 3.05) is 6.54 Å². The normalized spacial score (nSPS) is 20.0. The van der Waals surface area contributed by atoms with Gasteiger partial charge in [0.1, 0.15) is 0 Å². The van der Waals surface area contributed by atoms with Crippen LogP contribution in [0.4, 0.5) is 0 Å². The number of hydrogen-bond acceptors (Lipinski definition) is 2. The maximum atomic E-state index is 12.3. The van der Waals surface area contributed by atoms with Crippen LogP contribution in [0, 0.1) is 12.3 Å². The molecule has 1 aromatic rings. The number of rotatable bonds is 3. The molecule has 1 fully saturated rings. The Labute approximate surface area is 135 Å². The van der Waals surface area contributed by atoms with E-state index in [-0.39, 0.29) is 5.91 Å². The molecule has 1 aliphatic carbocycles. The van der Waals surface area contributed by atoms with Crippen LogP contribution in [-0.4, -0.2) is 23.2 Å². The molecule has 4 heteroatoms. The number of halogens is 1. The van der Waals surface area contributed by atoms with Crippen molar-refractivity contribution in [2.24, 2.45) is 5.41 Å². The molecule has 116 valence electrons. The molecule has 0 heterocycles. The number of carbonyl (C=O) groups excluding carboxylic acids is 1. The van der Waals surface area contributed by atoms with E-state index in [9.17, 15) is 9.90 Å². The van der Waals surface area contributed by atoms with Crippen molar-refractivity contribution in [1.82, 2.24) is 5.32 Å². The Morgan fingerprint density at radius 1 is 1.29 bits per heavy atom. The predicted octanol–water partition coefficient (Wildman–Crippen LogP) is 3.82. The number of hydrogen-bond donors (Lipinski definition) is 2. The molecule has 1 amide bonds. The van der Waals surface area contributed by atoms with Crippen LogP contribution >= 0.6 is 15.9 Å². The molecule has 1 aliphatic rings. The molecule has 1 aromatic carbocycles. The Kier molecular flexibility index (Phi) is 4.79. The summed E-state index contributed by atoms with van der Waals surface area (Å²) in [5.41, 5.74) is 1.14. The van der Waals surface area contributed by atoms with Gasteiger partial charge in [-0.05, 0) is 55.7 Å². The summed E-state index contributed by atoms with van der Waals surface area (Å²) in [6.45, 7) is 6.71. The topological polar surface area (TPSA) is 49.3 Å². The second-order valence-electron chi connectivity index (χ2n) is 7.03. The second kappa shape index (κ2) is 6.09. The fourth-order valence-corrected chi connectivity index (χ4v) is 3.11. The fourth-order valence-electron chi connectivity index (χ4n) is 2.75. The molecule has 0 saturated heterocycles. The third-order valence-electron chi connectivity index (χ3n) is 4.56. The Morgan fingerprint density at radius 2 is 1.90 bits per heavy atom. The molecular weight excluding hydrogens is 330 g/mol. The minimum absolute atomic E-state index is 0.118. The van der Waals surface area contributed by atoms with Crippen LogP contribution in [0.1, 0.15) is 55.5 Å². The predicted molar refractivity (Wildman–Crippen MR) is 88.4 cm³/mol. The lowest BCUT2D eigenvalue weighted by molar-refractivity contribution is -0.0233. The van der Waals surface area contributed by atoms with E-state index in [1.54, 1.807) is 0 Å². The summed E-state index contributed by atoms with van der Waals surface area (Å²) >= 11 is 3.39. The molecule has 0 spiro atoms. The zero-order valence-electron chi connectivity index (χ0n) is 13.0. The average Bonchev–Trinajstić information content (AvgIpc) is 2.43. The highest BCUT2D eigenvalue weighted by molar-refractivity contribution is 9.10. The molecule has 0 aliphatic heterocycles. The minimum atomic E-state index is -0.759. The lowest BCUT2D eigenvalue weighted by Gasteiger charge is -2.40. The third kappa shape index (κ3) is 4.30. The summed E-state index contributed by atoms with van der Waals surface area (Å²) < 4.78 is 0.886. The van der Waals surface area contributed by atoms with Gasteiger partial charge in [0.15, 0.2) is 0 Å². The number of benzene rings is 1. The molecule has 1 saturated carbocycles. The lowest BCUT2D eigenvalue weighted by atomic mass is 9.71. The maximum absolute atomic E-state index is 12.3. The van der Waals surface area contributed by atoms with Gasteiger partial charge in [0, 0.05) is 16.6 Å². The van der Waals surface area contributed by atoms with Crippen LogP contribution in [0.3, 0.4) is 0 Å². The number of amides is 1. The zero-order chi connectivity index (χ0) is 15.7. The van der Waals surface area contributed by atoms with Crippen molar-refractivity contribution in [1.29, 1.82) is 0 Å². The molecular formula is C17H24BrNO2. The van der Waals surface area contributed by atoms with Gasteiger partial charge in [0.2, 0.25) is 0 Å². The number of aryl methyl sites for hydroxylation is 1. The molecule has 0 unspecified atom stereocenters. The highest BCUT2D eigenvalue weighted by Gasteiger charge is 2.36. The molecule has 0 atom stereocenters. The first-order valence-corrected chi connectivity index (χ1v) is 8.27. The Morgan fingerprint density at radius 3 is 2.52 bits per heavy atom. The van der Waals surface area contributed by atoms with Gasteiger partial charge in [-0.2, -0.15) is 0 Å². The van der Waals surface area contributed by atoms with E-state index in [0.29, 0.717) is 17.5 Å². The average molecular weight is 354 g/mol. The van der Waals surface area contributed by atoms with Gasteiger partial charge in [-0.1, -0.05) is 35.8 Å². The van der Waals surface area contributed by atoms with E-state index in [2.05, 4.69) is 35.1 Å². The van der Waals surface area contributed by atoms with Crippen molar-refractivity contribution in [3.05, 3.63) is 33.8 Å². The molecule has 0 radical (unpaired) electrons. The van der Waals surface area contributed by atoms with Crippen LogP contribution in [0.15, 0.2) is 22.7 Å². The fraction of sp³-hybridized carbons (Fsp3) is 0.588. The summed E-state index contributed by atoms with van der Waals surface area (Å²) in [5, 5.41) is 13.5. The second-order valence-corrected chi connectivity index (χ2v) is 7.95. The van der Waals surface area contributed by atoms with Crippen LogP contribution in [0.2, 0.25) is 0 Å². The standard InChI is InChI=1S/C17H24BrNO2/c1-12-4-5-13(18)10-14(12)15(20)19-11-17(21)8-6-16(2,3)7-9-17/h4-5,10,21H,6-9,11H2,1-3H3,(H,19,20). The molecule has 0 bridgehead atoms. The van der Waals surface area contributed by atoms with E-state index < -0.39 is 5.60 Å². The summed E-state index contributed by atoms with van der Waals surface area (Å²) in [6, 6.07) is 5.65. The summed E-state index contributed by atoms with van der Waals surface area (Å²) in [4.78, 5) is 12.3. The van der Waals surface area contributed by atoms with E-state index in [1.165, 1.54) is 0 Å². The summed E-state index contributed by atoms with van der Waals surface area (Å²) in [7, 11) is 0. The van der Waals surface area contributed by atoms with Crippen molar-refractivity contribution in [3.63, 3.8) is 0 Å². The van der Waals surface area contributed by atoms with Crippen LogP contribution < -0.4 is 5.32 Å². The molecule has 3 nitrogen and oxygen atoms in total. The van der Waals surface area contributed by atoms with Crippen LogP contribution in [0.25, 0.3) is 0 Å². The van der Waals surface area contributed by atoms with E-state index in [4.69, 9.17) is 0 Å². The Bertz CT molecular complexity index is 530. The SMILES string of the molecule is Cc1ccc(Br)cc1C(=O)NCC1(O)CCC(C)(C)CC1. The van der Waals surface area contributed by atoms with E-state index >= 15 is 0 Å². The highest BCUT2D eigenvalue weighted by atomic mass is 79.9. The zero-order valence-corrected chi connectivity index (χ0v) is 14.6. The van der Waals surface area contributed by atoms with Crippen molar-refractivity contribution in [2.45, 2.75) is 52.1 Å². The van der Waals surface area contributed by atoms with Crippen molar-refractivity contribution in [3.8, 4) is 0 Å². The number of aliphatic hydroxyl groups is 1. The van der Waals surface area contributed by atoms with Crippen LogP contribution in [-0.2, 0) is 0 Å². The quantitative estimate of drug-likeness (QED) is 0.867. The molecule has 2 rings (SSSR count). The largest absolute Gasteiger partial charge is 0.388 e. The van der Waals surface area contributed by atoms with Gasteiger partial charge in [0.05, 0.1) is 5.60 Å². The molecule has 0 aromatic heterocycles. The maximum Gasteiger partial charge on any atom is 0.251 e. The number of carbonyl (C=O) groups is 1. The highest BCUT2D eigenvalue weighted by Crippen LogP contribution is 2.39. The molecule has 21 heavy (non-hydrogen) atoms. The van der Waals surface area contributed by atoms with E-state index in [1.807, 2.05) is 25.1 Å². The first kappa shape index (κ1) is 16.5. The van der Waals surface area contributed by atoms with Crippen molar-refractivity contribution >= 4 is 21.8 Å². The Hall–Kier alpha value is -0.870. The lowest BCUT2D eigenvalue weighted by Crippen LogP contribution is -2.46. The molecule has 2 N–H and O–H groups in total. The van der Waals surface area contributed by atoms with Gasteiger partial charge in [-0.25, -0.2) is 0 Å². The minimum Gasteiger partial charge on any atom is -0.388 e. The van der Waals surface area contributed by atoms with Gasteiger partial charge < -0.3 is 10.4 Å². The van der Waals surface area contributed by atoms with Crippen molar-refractivity contribution < 1.29 is 9.90 Å². The van der Waals surface area contributed by atoms with Gasteiger partial charge in [-0.15, -0.1) is 0 Å². The third-order valence-corrected chi connectivity index (χ3v) is 5.05. The smallest absolute Gasteiger partial charge is 0.251 e. The number of nitrogens with one attached hydrogen (secondary N) is 1. The van der Waals surface area contributed by atoms with E-state index in [0.717, 1.165) is 35.7 Å². The van der Waals surface area contributed by atoms with Gasteiger partial charge in [-0.3, -0.25) is 4.79 Å². The van der Waals surface area contributed by atoms with Crippen LogP contribution in [0.5, 0.6) is 0 Å². The van der Waals surface area contributed by atoms with Gasteiger partial charge in [0.25, 0.3) is 5.91 Å². The summed E-state index contributed by atoms with van der Waals surface area (Å²) in [5.74, 6) is -0.118.